The Bertz CT molecular complexity index is 463. The van der Waals surface area contributed by atoms with Crippen molar-refractivity contribution in [2.24, 2.45) is 4.99 Å². The zero-order chi connectivity index (χ0) is 16.6. The monoisotopic (exact) mass is 461 g/mol. The zero-order valence-electron chi connectivity index (χ0n) is 14.8. The highest BCUT2D eigenvalue weighted by Crippen LogP contribution is 2.29. The first-order valence-electron chi connectivity index (χ1n) is 8.13. The Morgan fingerprint density at radius 3 is 2.39 bits per heavy atom. The normalized spacial score (nSPS) is 18.2. The van der Waals surface area contributed by atoms with Gasteiger partial charge in [0.1, 0.15) is 0 Å². The first-order chi connectivity index (χ1) is 10.4. The second kappa shape index (κ2) is 10.7. The van der Waals surface area contributed by atoms with Crippen LogP contribution in [0.3, 0.4) is 0 Å². The van der Waals surface area contributed by atoms with Gasteiger partial charge in [-0.15, -0.1) is 24.0 Å². The van der Waals surface area contributed by atoms with Gasteiger partial charge in [0, 0.05) is 39.6 Å². The summed E-state index contributed by atoms with van der Waals surface area (Å²) in [5.41, 5.74) is 0. The average molecular weight is 461 g/mol. The van der Waals surface area contributed by atoms with Gasteiger partial charge in [-0.05, 0) is 26.2 Å². The summed E-state index contributed by atoms with van der Waals surface area (Å²) in [6, 6.07) is 0. The minimum absolute atomic E-state index is 0. The van der Waals surface area contributed by atoms with Crippen LogP contribution in [0.1, 0.15) is 39.5 Å². The lowest BCUT2D eigenvalue weighted by Gasteiger charge is -2.34. The standard InChI is InChI=1S/C15H31N3O3S.HI/c1-5-7-10-18(3)14(16-6-2)17-13-15(22(4,19)20)8-11-21-12-9-15;/h5-13H2,1-4H3,(H,16,17);1H. The summed E-state index contributed by atoms with van der Waals surface area (Å²) >= 11 is 0. The van der Waals surface area contributed by atoms with E-state index in [4.69, 9.17) is 4.74 Å². The molecule has 1 saturated heterocycles. The molecule has 0 saturated carbocycles. The van der Waals surface area contributed by atoms with E-state index in [2.05, 4.69) is 22.1 Å². The minimum atomic E-state index is -3.17. The van der Waals surface area contributed by atoms with Crippen LogP contribution < -0.4 is 5.32 Å². The van der Waals surface area contributed by atoms with Gasteiger partial charge in [0.2, 0.25) is 0 Å². The molecule has 0 unspecified atom stereocenters. The van der Waals surface area contributed by atoms with Gasteiger partial charge in [0.05, 0.1) is 11.3 Å². The lowest BCUT2D eigenvalue weighted by Crippen LogP contribution is -2.47. The molecule has 0 aromatic carbocycles. The Morgan fingerprint density at radius 1 is 1.30 bits per heavy atom. The summed E-state index contributed by atoms with van der Waals surface area (Å²) in [6.07, 6.45) is 4.57. The number of aliphatic imine (C=N–C) groups is 1. The maximum atomic E-state index is 12.3. The third kappa shape index (κ3) is 6.74. The molecule has 23 heavy (non-hydrogen) atoms. The number of nitrogens with one attached hydrogen (secondary N) is 1. The number of halogens is 1. The Balaban J connectivity index is 0.00000484. The maximum Gasteiger partial charge on any atom is 0.193 e. The number of ether oxygens (including phenoxy) is 1. The van der Waals surface area contributed by atoms with Crippen molar-refractivity contribution in [2.45, 2.75) is 44.3 Å². The molecule has 6 nitrogen and oxygen atoms in total. The molecular formula is C15H32IN3O3S. The molecule has 1 fully saturated rings. The predicted molar refractivity (Wildman–Crippen MR) is 107 cm³/mol. The molecule has 0 atom stereocenters. The van der Waals surface area contributed by atoms with E-state index in [-0.39, 0.29) is 24.0 Å². The van der Waals surface area contributed by atoms with Crippen molar-refractivity contribution < 1.29 is 13.2 Å². The van der Waals surface area contributed by atoms with E-state index < -0.39 is 14.6 Å². The van der Waals surface area contributed by atoms with Gasteiger partial charge in [-0.2, -0.15) is 0 Å². The number of hydrogen-bond donors (Lipinski definition) is 1. The predicted octanol–water partition coefficient (Wildman–Crippen LogP) is 1.90. The van der Waals surface area contributed by atoms with Gasteiger partial charge in [-0.25, -0.2) is 8.42 Å². The lowest BCUT2D eigenvalue weighted by molar-refractivity contribution is 0.0767. The second-order valence-electron chi connectivity index (χ2n) is 6.01. The number of hydrogen-bond acceptors (Lipinski definition) is 4. The van der Waals surface area contributed by atoms with E-state index >= 15 is 0 Å². The molecule has 0 radical (unpaired) electrons. The third-order valence-electron chi connectivity index (χ3n) is 4.25. The van der Waals surface area contributed by atoms with Crippen LogP contribution >= 0.6 is 24.0 Å². The second-order valence-corrected chi connectivity index (χ2v) is 8.42. The summed E-state index contributed by atoms with van der Waals surface area (Å²) in [5.74, 6) is 0.783. The topological polar surface area (TPSA) is 71.0 Å². The van der Waals surface area contributed by atoms with Crippen molar-refractivity contribution >= 4 is 39.8 Å². The fraction of sp³-hybridized carbons (Fsp3) is 0.933. The zero-order valence-corrected chi connectivity index (χ0v) is 17.9. The lowest BCUT2D eigenvalue weighted by atomic mass is 9.99. The SMILES string of the molecule is CCCCN(C)C(=NCC1(S(C)(=O)=O)CCOCC1)NCC.I. The number of nitrogens with zero attached hydrogens (tertiary/aromatic N) is 2. The van der Waals surface area contributed by atoms with Gasteiger partial charge < -0.3 is 15.0 Å². The summed E-state index contributed by atoms with van der Waals surface area (Å²) in [6.45, 7) is 7.13. The molecule has 0 aromatic rings. The first kappa shape index (κ1) is 22.9. The summed E-state index contributed by atoms with van der Waals surface area (Å²) in [4.78, 5) is 6.70. The van der Waals surface area contributed by atoms with Gasteiger partial charge in [0.25, 0.3) is 0 Å². The fourth-order valence-electron chi connectivity index (χ4n) is 2.58. The Morgan fingerprint density at radius 2 is 1.91 bits per heavy atom. The van der Waals surface area contributed by atoms with Crippen LogP contribution in [0.4, 0.5) is 0 Å². The van der Waals surface area contributed by atoms with Crippen LogP contribution in [0.5, 0.6) is 0 Å². The molecular weight excluding hydrogens is 429 g/mol. The van der Waals surface area contributed by atoms with E-state index in [1.54, 1.807) is 0 Å². The maximum absolute atomic E-state index is 12.3. The quantitative estimate of drug-likeness (QED) is 0.356. The average Bonchev–Trinajstić information content (AvgIpc) is 2.48. The molecule has 1 aliphatic heterocycles. The molecule has 0 amide bonds. The van der Waals surface area contributed by atoms with Crippen LogP contribution in [0.25, 0.3) is 0 Å². The van der Waals surface area contributed by atoms with Crippen molar-refractivity contribution in [3.05, 3.63) is 0 Å². The molecule has 1 heterocycles. The smallest absolute Gasteiger partial charge is 0.193 e. The number of unbranched alkanes of at least 4 members (excludes halogenated alkanes) is 1. The van der Waals surface area contributed by atoms with Gasteiger partial charge in [-0.3, -0.25) is 4.99 Å². The molecule has 8 heteroatoms. The molecule has 1 aliphatic rings. The molecule has 0 aliphatic carbocycles. The number of sulfone groups is 1. The van der Waals surface area contributed by atoms with Crippen molar-refractivity contribution in [3.8, 4) is 0 Å². The van der Waals surface area contributed by atoms with Crippen LogP contribution in [0, 0.1) is 0 Å². The largest absolute Gasteiger partial charge is 0.381 e. The summed E-state index contributed by atoms with van der Waals surface area (Å²) in [7, 11) is -1.18. The number of rotatable bonds is 7. The third-order valence-corrected chi connectivity index (χ3v) is 6.36. The summed E-state index contributed by atoms with van der Waals surface area (Å²) < 4.78 is 29.1. The van der Waals surface area contributed by atoms with Crippen LogP contribution in [0.15, 0.2) is 4.99 Å². The Kier molecular flexibility index (Phi) is 10.7. The molecule has 138 valence electrons. The first-order valence-corrected chi connectivity index (χ1v) is 10.0. The highest BCUT2D eigenvalue weighted by molar-refractivity contribution is 14.0. The number of guanidine groups is 1. The molecule has 0 aromatic heterocycles. The van der Waals surface area contributed by atoms with E-state index in [0.29, 0.717) is 32.6 Å². The van der Waals surface area contributed by atoms with E-state index in [0.717, 1.165) is 31.9 Å². The van der Waals surface area contributed by atoms with Crippen LogP contribution in [0.2, 0.25) is 0 Å². The summed E-state index contributed by atoms with van der Waals surface area (Å²) in [5, 5.41) is 3.25. The highest BCUT2D eigenvalue weighted by Gasteiger charge is 2.42. The van der Waals surface area contributed by atoms with Crippen molar-refractivity contribution in [2.75, 3.05) is 46.2 Å². The van der Waals surface area contributed by atoms with Gasteiger partial charge >= 0.3 is 0 Å². The van der Waals surface area contributed by atoms with Crippen molar-refractivity contribution in [1.82, 2.24) is 10.2 Å². The van der Waals surface area contributed by atoms with E-state index in [1.807, 2.05) is 14.0 Å². The van der Waals surface area contributed by atoms with Gasteiger partial charge in [-0.1, -0.05) is 13.3 Å². The Labute approximate surface area is 158 Å². The highest BCUT2D eigenvalue weighted by atomic mass is 127. The van der Waals surface area contributed by atoms with Gasteiger partial charge in [0.15, 0.2) is 15.8 Å². The minimum Gasteiger partial charge on any atom is -0.381 e. The van der Waals surface area contributed by atoms with E-state index in [1.165, 1.54) is 6.26 Å². The van der Waals surface area contributed by atoms with Crippen LogP contribution in [-0.2, 0) is 14.6 Å². The van der Waals surface area contributed by atoms with Crippen LogP contribution in [-0.4, -0.2) is 70.2 Å². The molecule has 0 bridgehead atoms. The van der Waals surface area contributed by atoms with Crippen molar-refractivity contribution in [1.29, 1.82) is 0 Å². The van der Waals surface area contributed by atoms with Crippen molar-refractivity contribution in [3.63, 3.8) is 0 Å². The Hall–Kier alpha value is -0.0900. The fourth-order valence-corrected chi connectivity index (χ4v) is 3.79. The molecule has 1 N–H and O–H groups in total. The molecule has 1 rings (SSSR count). The molecule has 0 spiro atoms. The van der Waals surface area contributed by atoms with E-state index in [9.17, 15) is 8.42 Å².